The summed E-state index contributed by atoms with van der Waals surface area (Å²) in [6.07, 6.45) is 1.68. The van der Waals surface area contributed by atoms with Gasteiger partial charge in [0.15, 0.2) is 11.5 Å². The molecule has 0 bridgehead atoms. The lowest BCUT2D eigenvalue weighted by Gasteiger charge is -2.12. The van der Waals surface area contributed by atoms with Gasteiger partial charge in [-0.25, -0.2) is 4.79 Å². The van der Waals surface area contributed by atoms with Gasteiger partial charge in [0.2, 0.25) is 0 Å². The van der Waals surface area contributed by atoms with E-state index in [0.717, 1.165) is 57.2 Å². The van der Waals surface area contributed by atoms with Crippen LogP contribution in [0.3, 0.4) is 0 Å². The number of carbonyl (C=O) groups excluding carboxylic acids is 1. The maximum Gasteiger partial charge on any atom is 0.335 e. The predicted octanol–water partition coefficient (Wildman–Crippen LogP) is 15.2. The number of hydrogen-bond acceptors (Lipinski definition) is 5. The highest BCUT2D eigenvalue weighted by molar-refractivity contribution is 9.11. The Hall–Kier alpha value is -5.09. The molecule has 0 saturated carbocycles. The van der Waals surface area contributed by atoms with Crippen LogP contribution in [0.4, 0.5) is 0 Å². The molecule has 2 aromatic heterocycles. The van der Waals surface area contributed by atoms with Crippen molar-refractivity contribution in [1.82, 2.24) is 15.3 Å². The number of aryl methyl sites for hydroxylation is 2. The van der Waals surface area contributed by atoms with Crippen LogP contribution >= 0.6 is 86.9 Å². The minimum atomic E-state index is -1.11. The van der Waals surface area contributed by atoms with Gasteiger partial charge in [-0.1, -0.05) is 61.3 Å². The molecule has 1 amide bonds. The van der Waals surface area contributed by atoms with Crippen LogP contribution in [-0.2, 0) is 17.6 Å². The lowest BCUT2D eigenvalue weighted by atomic mass is 10.0. The van der Waals surface area contributed by atoms with Gasteiger partial charge in [0.25, 0.3) is 5.91 Å². The van der Waals surface area contributed by atoms with Gasteiger partial charge in [-0.2, -0.15) is 0 Å². The van der Waals surface area contributed by atoms with E-state index in [-0.39, 0.29) is 5.56 Å². The van der Waals surface area contributed by atoms with Gasteiger partial charge < -0.3 is 35.0 Å². The summed E-state index contributed by atoms with van der Waals surface area (Å²) in [6, 6.07) is 33.4. The number of hydrogen-bond donors (Lipinski definition) is 5. The molecule has 0 saturated heterocycles. The van der Waals surface area contributed by atoms with E-state index in [2.05, 4.69) is 92.9 Å². The topological polar surface area (TPSA) is 154 Å². The van der Waals surface area contributed by atoms with Crippen LogP contribution in [0.2, 0.25) is 10.0 Å². The van der Waals surface area contributed by atoms with Crippen molar-refractivity contribution in [3.63, 3.8) is 0 Å². The maximum absolute atomic E-state index is 12.2. The molecule has 8 aromatic rings. The first kappa shape index (κ1) is 46.9. The molecule has 8 rings (SSSR count). The second-order valence-corrected chi connectivity index (χ2v) is 18.5. The summed E-state index contributed by atoms with van der Waals surface area (Å²) in [4.78, 5) is 41.2. The van der Waals surface area contributed by atoms with E-state index in [1.165, 1.54) is 23.3 Å². The minimum absolute atomic E-state index is 0.170. The highest BCUT2D eigenvalue weighted by atomic mass is 79.9. The molecule has 5 N–H and O–H groups in total. The number of fused-ring (bicyclic) bond motifs is 2. The van der Waals surface area contributed by atoms with Crippen molar-refractivity contribution >= 4 is 127 Å². The van der Waals surface area contributed by atoms with E-state index in [1.807, 2.05) is 84.9 Å². The van der Waals surface area contributed by atoms with Crippen LogP contribution in [-0.4, -0.2) is 44.6 Å². The monoisotopic (exact) mass is 1150 g/mol. The number of ether oxygens (including phenoxy) is 2. The number of benzene rings is 6. The smallest absolute Gasteiger partial charge is 0.335 e. The van der Waals surface area contributed by atoms with Crippen LogP contribution in [0.15, 0.2) is 127 Å². The molecule has 0 aliphatic heterocycles. The zero-order chi connectivity index (χ0) is 45.8. The van der Waals surface area contributed by atoms with Crippen molar-refractivity contribution in [3.05, 3.63) is 159 Å². The third-order valence-electron chi connectivity index (χ3n) is 10.1. The second kappa shape index (κ2) is 20.4. The van der Waals surface area contributed by atoms with Crippen LogP contribution in [0.5, 0.6) is 23.0 Å². The molecule has 0 aliphatic rings. The molecule has 2 heterocycles. The van der Waals surface area contributed by atoms with Crippen molar-refractivity contribution in [1.29, 1.82) is 0 Å². The normalized spacial score (nSPS) is 11.0. The van der Waals surface area contributed by atoms with Crippen LogP contribution in [0.1, 0.15) is 45.7 Å². The molecule has 6 aromatic carbocycles. The van der Waals surface area contributed by atoms with E-state index in [4.69, 9.17) is 37.8 Å². The van der Waals surface area contributed by atoms with Gasteiger partial charge in [0.1, 0.15) is 18.0 Å². The molecule has 0 unspecified atom stereocenters. The zero-order valence-electron chi connectivity index (χ0n) is 33.7. The summed E-state index contributed by atoms with van der Waals surface area (Å²) in [7, 11) is 0. The third-order valence-corrected chi connectivity index (χ3v) is 12.9. The van der Waals surface area contributed by atoms with Crippen molar-refractivity contribution in [3.8, 4) is 45.5 Å². The molecule has 64 heavy (non-hydrogen) atoms. The number of amides is 1. The first-order chi connectivity index (χ1) is 30.6. The van der Waals surface area contributed by atoms with E-state index in [9.17, 15) is 19.5 Å². The van der Waals surface area contributed by atoms with E-state index < -0.39 is 24.4 Å². The number of carboxylic acid groups (broad SMARTS) is 2. The number of aliphatic carboxylic acids is 1. The van der Waals surface area contributed by atoms with Crippen LogP contribution in [0, 0.1) is 0 Å². The molecule has 326 valence electrons. The Morgan fingerprint density at radius 1 is 0.578 bits per heavy atom. The highest BCUT2D eigenvalue weighted by Crippen LogP contribution is 2.42. The average molecular weight is 1160 g/mol. The molecule has 0 aliphatic carbocycles. The lowest BCUT2D eigenvalue weighted by molar-refractivity contribution is -0.135. The maximum atomic E-state index is 12.2. The largest absolute Gasteiger partial charge is 0.480 e. The number of carbonyl (C=O) groups is 3. The van der Waals surface area contributed by atoms with Crippen LogP contribution < -0.4 is 14.8 Å². The number of aromatic carboxylic acids is 1. The zero-order valence-corrected chi connectivity index (χ0v) is 41.6. The van der Waals surface area contributed by atoms with Gasteiger partial charge in [-0.3, -0.25) is 9.59 Å². The summed E-state index contributed by atoms with van der Waals surface area (Å²) in [5, 5.41) is 23.8. The Kier molecular flexibility index (Phi) is 14.9. The lowest BCUT2D eigenvalue weighted by Crippen LogP contribution is -2.29. The number of halogens is 6. The fourth-order valence-corrected chi connectivity index (χ4v) is 10.1. The van der Waals surface area contributed by atoms with Gasteiger partial charge in [-0.15, -0.1) is 0 Å². The average Bonchev–Trinajstić information content (AvgIpc) is 3.83. The van der Waals surface area contributed by atoms with Gasteiger partial charge in [0, 0.05) is 48.8 Å². The highest BCUT2D eigenvalue weighted by Gasteiger charge is 2.19. The molecular formula is C48H35Br4Cl2N3O7. The van der Waals surface area contributed by atoms with E-state index in [1.54, 1.807) is 12.1 Å². The molecule has 16 heteroatoms. The number of rotatable bonds is 12. The summed E-state index contributed by atoms with van der Waals surface area (Å²) >= 11 is 25.8. The first-order valence-electron chi connectivity index (χ1n) is 19.5. The number of nitrogens with one attached hydrogen (secondary N) is 3. The van der Waals surface area contributed by atoms with Crippen molar-refractivity contribution < 1.29 is 34.1 Å². The summed E-state index contributed by atoms with van der Waals surface area (Å²) in [6.45, 7) is 3.77. The molecule has 0 radical (unpaired) electrons. The quantitative estimate of drug-likeness (QED) is 0.0816. The number of aromatic amines is 2. The van der Waals surface area contributed by atoms with Gasteiger partial charge in [-0.05, 0) is 184 Å². The third kappa shape index (κ3) is 10.5. The Morgan fingerprint density at radius 3 is 1.33 bits per heavy atom. The summed E-state index contributed by atoms with van der Waals surface area (Å²) in [5.74, 6) is -0.300. The van der Waals surface area contributed by atoms with E-state index >= 15 is 0 Å². The number of carboxylic acids is 2. The summed E-state index contributed by atoms with van der Waals surface area (Å²) in [5.41, 5.74) is 9.09. The molecule has 10 nitrogen and oxygen atoms in total. The fourth-order valence-electron chi connectivity index (χ4n) is 7.10. The predicted molar refractivity (Wildman–Crippen MR) is 267 cm³/mol. The number of H-pyrrole nitrogens is 2. The minimum Gasteiger partial charge on any atom is -0.480 e. The van der Waals surface area contributed by atoms with Crippen molar-refractivity contribution in [2.24, 2.45) is 0 Å². The molecule has 0 atom stereocenters. The second-order valence-electron chi connectivity index (χ2n) is 14.2. The van der Waals surface area contributed by atoms with E-state index in [0.29, 0.717) is 56.5 Å². The number of aromatic nitrogens is 2. The Morgan fingerprint density at radius 2 is 0.969 bits per heavy atom. The fraction of sp³-hybridized carbons (Fsp3) is 0.104. The Bertz CT molecular complexity index is 3030. The molecule has 0 fully saturated rings. The SMILES string of the molecule is CCc1c(-c2ccc(Cl)cc2)[nH]c2ccc(Oc3c(Br)cc(C(=O)NCC(=O)O)cc3Br)cc12.CCc1c(-c2ccc(Cl)cc2)[nH]c2ccc(Oc3c(Br)cc(C(=O)O)cc3Br)cc12. The Labute approximate surface area is 410 Å². The molecular weight excluding hydrogens is 1120 g/mol. The Balaban J connectivity index is 0.000000193. The van der Waals surface area contributed by atoms with Crippen LogP contribution in [0.25, 0.3) is 44.3 Å². The van der Waals surface area contributed by atoms with Crippen molar-refractivity contribution in [2.75, 3.05) is 6.54 Å². The standard InChI is InChI=1S/C25H19Br2ClN2O4.C23H16Br2ClNO3/c1-2-17-18-11-16(7-8-21(18)30-23(17)13-3-5-15(28)6-4-13)34-24-19(26)9-14(10-20(24)27)25(33)29-12-22(31)32;1-2-16-17-11-15(30-22-18(24)9-13(23(28)29)10-19(22)25)7-8-20(17)27-21(16)12-3-5-14(26)6-4-12/h3-11,30H,2,12H2,1H3,(H,29,33)(H,31,32);3-11,27H,2H2,1H3,(H,28,29). The summed E-state index contributed by atoms with van der Waals surface area (Å²) < 4.78 is 14.5. The first-order valence-corrected chi connectivity index (χ1v) is 23.4. The molecule has 0 spiro atoms. The van der Waals surface area contributed by atoms with Gasteiger partial charge >= 0.3 is 11.9 Å². The van der Waals surface area contributed by atoms with Gasteiger partial charge in [0.05, 0.1) is 23.5 Å². The van der Waals surface area contributed by atoms with Crippen molar-refractivity contribution in [2.45, 2.75) is 26.7 Å².